The van der Waals surface area contributed by atoms with Crippen molar-refractivity contribution in [3.63, 3.8) is 0 Å². The molecule has 9 nitrogen and oxygen atoms in total. The Morgan fingerprint density at radius 3 is 1.38 bits per heavy atom. The minimum Gasteiger partial charge on any atom is -0.462 e. The predicted molar refractivity (Wildman–Crippen MR) is 243 cm³/mol. The summed E-state index contributed by atoms with van der Waals surface area (Å²) in [5.74, 6) is -0.803. The molecular weight excluding hydrogens is 750 g/mol. The number of carbonyl (C=O) groups excluding carboxylic acids is 2. The van der Waals surface area contributed by atoms with Crippen molar-refractivity contribution in [1.29, 1.82) is 0 Å². The Morgan fingerprint density at radius 2 is 0.931 bits per heavy atom. The Kier molecular flexibility index (Phi) is 39.4. The van der Waals surface area contributed by atoms with Gasteiger partial charge in [0.15, 0.2) is 6.10 Å². The fourth-order valence-corrected chi connectivity index (χ4v) is 7.17. The molecule has 0 aromatic heterocycles. The maximum absolute atomic E-state index is 12.7. The van der Waals surface area contributed by atoms with Gasteiger partial charge in [0.2, 0.25) is 0 Å². The number of quaternary nitrogens is 1. The summed E-state index contributed by atoms with van der Waals surface area (Å²) in [5, 5.41) is 0. The largest absolute Gasteiger partial charge is 0.472 e. The zero-order valence-corrected chi connectivity index (χ0v) is 39.2. The van der Waals surface area contributed by atoms with Crippen LogP contribution < -0.4 is 0 Å². The van der Waals surface area contributed by atoms with Crippen LogP contribution in [-0.2, 0) is 32.7 Å². The fourth-order valence-electron chi connectivity index (χ4n) is 6.43. The monoisotopic (exact) mass is 841 g/mol. The average Bonchev–Trinajstić information content (AvgIpc) is 3.17. The molecule has 0 saturated carbocycles. The topological polar surface area (TPSA) is 108 Å². The van der Waals surface area contributed by atoms with Crippen LogP contribution in [0.15, 0.2) is 36.5 Å². The van der Waals surface area contributed by atoms with Crippen molar-refractivity contribution in [3.05, 3.63) is 36.5 Å². The number of phosphoric acid groups is 1. The Labute approximate surface area is 357 Å². The molecule has 0 aliphatic rings. The highest BCUT2D eigenvalue weighted by atomic mass is 31.2. The Hall–Kier alpha value is -1.77. The molecule has 10 heteroatoms. The average molecular weight is 841 g/mol. The predicted octanol–water partition coefficient (Wildman–Crippen LogP) is 13.7. The van der Waals surface area contributed by atoms with Gasteiger partial charge in [-0.3, -0.25) is 18.6 Å². The standard InChI is InChI=1S/C48H90NO8P/c1-6-8-10-12-14-16-18-19-20-21-22-23-24-25-26-27-28-29-31-33-35-37-39-41-48(51)57-46(45-56-58(52,53)55-43-42-49(3,4)5)44-54-47(50)40-38-36-34-32-30-17-15-13-11-9-7-2/h18-19,21-22,24-25,46H,6-17,20,23,26-45H2,1-5H3/p+1/b19-18-,22-21-,25-24-. The van der Waals surface area contributed by atoms with Gasteiger partial charge in [-0.25, -0.2) is 4.57 Å². The molecule has 1 N–H and O–H groups in total. The van der Waals surface area contributed by atoms with E-state index in [2.05, 4.69) is 50.3 Å². The summed E-state index contributed by atoms with van der Waals surface area (Å²) in [6, 6.07) is 0. The molecule has 0 rings (SSSR count). The van der Waals surface area contributed by atoms with Gasteiger partial charge in [0.05, 0.1) is 27.7 Å². The van der Waals surface area contributed by atoms with Gasteiger partial charge in [-0.05, 0) is 51.4 Å². The molecule has 0 fully saturated rings. The molecule has 0 aliphatic carbocycles. The molecule has 0 heterocycles. The van der Waals surface area contributed by atoms with Gasteiger partial charge in [0, 0.05) is 12.8 Å². The Balaban J connectivity index is 4.26. The number of esters is 2. The molecule has 0 spiro atoms. The van der Waals surface area contributed by atoms with Crippen LogP contribution in [0.2, 0.25) is 0 Å². The summed E-state index contributed by atoms with van der Waals surface area (Å²) in [7, 11) is 1.47. The van der Waals surface area contributed by atoms with Crippen LogP contribution in [0.1, 0.15) is 206 Å². The van der Waals surface area contributed by atoms with Crippen LogP contribution >= 0.6 is 7.82 Å². The lowest BCUT2D eigenvalue weighted by atomic mass is 10.1. The van der Waals surface area contributed by atoms with Gasteiger partial charge < -0.3 is 18.9 Å². The molecule has 0 aromatic rings. The molecular formula is C48H91NO8P+. The molecule has 0 aromatic carbocycles. The lowest BCUT2D eigenvalue weighted by Crippen LogP contribution is -2.37. The number of hydrogen-bond donors (Lipinski definition) is 1. The first-order valence-corrected chi connectivity index (χ1v) is 25.2. The number of likely N-dealkylation sites (N-methyl/N-ethyl adjacent to an activating group) is 1. The minimum atomic E-state index is -4.37. The quantitative estimate of drug-likeness (QED) is 0.0213. The van der Waals surface area contributed by atoms with E-state index in [1.807, 2.05) is 21.1 Å². The molecule has 0 radical (unpaired) electrons. The number of ether oxygens (including phenoxy) is 2. The van der Waals surface area contributed by atoms with E-state index >= 15 is 0 Å². The Bertz CT molecular complexity index is 1090. The maximum Gasteiger partial charge on any atom is 0.472 e. The number of nitrogens with zero attached hydrogens (tertiary/aromatic N) is 1. The molecule has 0 saturated heterocycles. The van der Waals surface area contributed by atoms with E-state index < -0.39 is 26.5 Å². The number of unbranched alkanes of at least 4 members (excludes halogenated alkanes) is 23. The zero-order chi connectivity index (χ0) is 42.8. The van der Waals surface area contributed by atoms with Crippen molar-refractivity contribution >= 4 is 19.8 Å². The van der Waals surface area contributed by atoms with Crippen molar-refractivity contribution in [2.24, 2.45) is 0 Å². The minimum absolute atomic E-state index is 0.0308. The molecule has 58 heavy (non-hydrogen) atoms. The summed E-state index contributed by atoms with van der Waals surface area (Å²) < 4.78 is 34.3. The van der Waals surface area contributed by atoms with Crippen LogP contribution in [0.5, 0.6) is 0 Å². The van der Waals surface area contributed by atoms with E-state index in [-0.39, 0.29) is 32.0 Å². The van der Waals surface area contributed by atoms with Crippen LogP contribution in [0, 0.1) is 0 Å². The number of carbonyl (C=O) groups is 2. The molecule has 2 atom stereocenters. The third-order valence-electron chi connectivity index (χ3n) is 10.2. The van der Waals surface area contributed by atoms with E-state index in [0.717, 1.165) is 57.8 Å². The summed E-state index contributed by atoms with van der Waals surface area (Å²) in [6.45, 7) is 4.40. The van der Waals surface area contributed by atoms with Crippen molar-refractivity contribution in [2.45, 2.75) is 213 Å². The van der Waals surface area contributed by atoms with Crippen LogP contribution in [-0.4, -0.2) is 74.9 Å². The summed E-state index contributed by atoms with van der Waals surface area (Å²) >= 11 is 0. The number of hydrogen-bond acceptors (Lipinski definition) is 7. The highest BCUT2D eigenvalue weighted by molar-refractivity contribution is 7.47. The van der Waals surface area contributed by atoms with E-state index in [0.29, 0.717) is 17.4 Å². The molecule has 340 valence electrons. The first-order valence-electron chi connectivity index (χ1n) is 23.7. The van der Waals surface area contributed by atoms with E-state index in [4.69, 9.17) is 18.5 Å². The highest BCUT2D eigenvalue weighted by Gasteiger charge is 2.27. The van der Waals surface area contributed by atoms with E-state index in [1.54, 1.807) is 0 Å². The fraction of sp³-hybridized carbons (Fsp3) is 0.833. The third-order valence-corrected chi connectivity index (χ3v) is 11.2. The van der Waals surface area contributed by atoms with E-state index in [1.165, 1.54) is 116 Å². The van der Waals surface area contributed by atoms with Crippen molar-refractivity contribution < 1.29 is 42.1 Å². The number of phosphoric ester groups is 1. The SMILES string of the molecule is CCCCCCC/C=C\C/C=C\C/C=C\CCCCCCCCCCC(=O)OC(COC(=O)CCCCCCCCCCCCC)COP(=O)(O)OCC[N+](C)(C)C. The number of rotatable bonds is 43. The van der Waals surface area contributed by atoms with Gasteiger partial charge in [-0.2, -0.15) is 0 Å². The summed E-state index contributed by atoms with van der Waals surface area (Å²) in [4.78, 5) is 35.4. The lowest BCUT2D eigenvalue weighted by Gasteiger charge is -2.24. The van der Waals surface area contributed by atoms with Gasteiger partial charge in [0.1, 0.15) is 19.8 Å². The normalized spacial score (nSPS) is 13.8. The molecule has 2 unspecified atom stereocenters. The Morgan fingerprint density at radius 1 is 0.534 bits per heavy atom. The summed E-state index contributed by atoms with van der Waals surface area (Å²) in [6.07, 6.45) is 46.2. The molecule has 0 aliphatic heterocycles. The third kappa shape index (κ3) is 43.8. The second-order valence-corrected chi connectivity index (χ2v) is 18.6. The van der Waals surface area contributed by atoms with E-state index in [9.17, 15) is 19.0 Å². The van der Waals surface area contributed by atoms with Crippen molar-refractivity contribution in [3.8, 4) is 0 Å². The second-order valence-electron chi connectivity index (χ2n) is 17.1. The van der Waals surface area contributed by atoms with Crippen LogP contribution in [0.4, 0.5) is 0 Å². The molecule has 0 bridgehead atoms. The first kappa shape index (κ1) is 56.2. The smallest absolute Gasteiger partial charge is 0.462 e. The highest BCUT2D eigenvalue weighted by Crippen LogP contribution is 2.43. The zero-order valence-electron chi connectivity index (χ0n) is 38.3. The van der Waals surface area contributed by atoms with Gasteiger partial charge in [0.25, 0.3) is 0 Å². The van der Waals surface area contributed by atoms with Crippen LogP contribution in [0.25, 0.3) is 0 Å². The second kappa shape index (κ2) is 40.6. The van der Waals surface area contributed by atoms with Gasteiger partial charge in [-0.1, -0.05) is 179 Å². The maximum atomic E-state index is 12.7. The van der Waals surface area contributed by atoms with Crippen molar-refractivity contribution in [1.82, 2.24) is 0 Å². The molecule has 0 amide bonds. The van der Waals surface area contributed by atoms with Gasteiger partial charge in [-0.15, -0.1) is 0 Å². The van der Waals surface area contributed by atoms with Gasteiger partial charge >= 0.3 is 19.8 Å². The van der Waals surface area contributed by atoms with Crippen LogP contribution in [0.3, 0.4) is 0 Å². The first-order chi connectivity index (χ1) is 28.0. The number of allylic oxidation sites excluding steroid dienone is 6. The lowest BCUT2D eigenvalue weighted by molar-refractivity contribution is -0.870. The summed E-state index contributed by atoms with van der Waals surface area (Å²) in [5.41, 5.74) is 0. The van der Waals surface area contributed by atoms with Crippen molar-refractivity contribution in [2.75, 3.05) is 47.5 Å².